The Hall–Kier alpha value is -2.54. The first-order valence-corrected chi connectivity index (χ1v) is 8.10. The Morgan fingerprint density at radius 1 is 1.42 bits per heavy atom. The van der Waals surface area contributed by atoms with Gasteiger partial charge in [-0.1, -0.05) is 19.1 Å². The highest BCUT2D eigenvalue weighted by molar-refractivity contribution is 7.71. The van der Waals surface area contributed by atoms with Crippen LogP contribution < -0.4 is 0 Å². The Labute approximate surface area is 142 Å². The second-order valence-electron chi connectivity index (χ2n) is 5.98. The lowest BCUT2D eigenvalue weighted by atomic mass is 10.2. The summed E-state index contributed by atoms with van der Waals surface area (Å²) in [5.74, 6) is 2.95. The summed E-state index contributed by atoms with van der Waals surface area (Å²) in [6, 6.07) is 10.00. The van der Waals surface area contributed by atoms with Gasteiger partial charge in [0, 0.05) is 11.5 Å². The molecule has 0 unspecified atom stereocenters. The van der Waals surface area contributed by atoms with Gasteiger partial charge in [-0.3, -0.25) is 0 Å². The summed E-state index contributed by atoms with van der Waals surface area (Å²) in [5.41, 5.74) is 0.589. The molecule has 0 aliphatic heterocycles. The summed E-state index contributed by atoms with van der Waals surface area (Å²) in [6.07, 6.45) is 2.76. The average molecular weight is 342 g/mol. The summed E-state index contributed by atoms with van der Waals surface area (Å²) in [5, 5.41) is 11.1. The minimum Gasteiger partial charge on any atom is -0.460 e. The zero-order valence-corrected chi connectivity index (χ0v) is 13.8. The fourth-order valence-electron chi connectivity index (χ4n) is 2.68. The highest BCUT2D eigenvalue weighted by Crippen LogP contribution is 2.47. The first-order valence-electron chi connectivity index (χ1n) is 7.69. The number of H-pyrrole nitrogens is 1. The van der Waals surface area contributed by atoms with E-state index >= 15 is 0 Å². The van der Waals surface area contributed by atoms with Crippen LogP contribution in [-0.2, 0) is 0 Å². The Morgan fingerprint density at radius 2 is 2.25 bits per heavy atom. The summed E-state index contributed by atoms with van der Waals surface area (Å²) in [4.78, 5) is 0. The molecule has 4 rings (SSSR count). The zero-order chi connectivity index (χ0) is 16.7. The van der Waals surface area contributed by atoms with E-state index in [2.05, 4.69) is 22.2 Å². The molecule has 1 aliphatic rings. The molecule has 0 radical (unpaired) electrons. The largest absolute Gasteiger partial charge is 0.460 e. The van der Waals surface area contributed by atoms with Crippen molar-refractivity contribution in [3.05, 3.63) is 58.5 Å². The molecule has 1 saturated carbocycles. The molecule has 2 heterocycles. The van der Waals surface area contributed by atoms with Gasteiger partial charge in [0.2, 0.25) is 4.77 Å². The molecular weight excluding hydrogens is 327 g/mol. The van der Waals surface area contributed by atoms with E-state index in [0.717, 1.165) is 5.76 Å². The number of benzene rings is 1. The molecule has 2 atom stereocenters. The number of hydrogen-bond acceptors (Lipinski definition) is 4. The lowest BCUT2D eigenvalue weighted by Gasteiger charge is -2.00. The quantitative estimate of drug-likeness (QED) is 0.566. The lowest BCUT2D eigenvalue weighted by Crippen LogP contribution is -1.95. The van der Waals surface area contributed by atoms with Crippen molar-refractivity contribution in [1.82, 2.24) is 14.9 Å². The number of furan rings is 1. The Morgan fingerprint density at radius 3 is 3.00 bits per heavy atom. The normalized spacial score (nSPS) is 19.9. The van der Waals surface area contributed by atoms with Gasteiger partial charge in [-0.25, -0.2) is 9.49 Å². The van der Waals surface area contributed by atoms with Crippen LogP contribution in [0.2, 0.25) is 0 Å². The van der Waals surface area contributed by atoms with Crippen LogP contribution in [0.1, 0.15) is 30.8 Å². The molecule has 3 aromatic rings. The van der Waals surface area contributed by atoms with Crippen LogP contribution in [0.4, 0.5) is 4.39 Å². The number of aromatic nitrogens is 3. The fraction of sp³-hybridized carbons (Fsp3) is 0.235. The predicted molar refractivity (Wildman–Crippen MR) is 91.0 cm³/mol. The maximum Gasteiger partial charge on any atom is 0.216 e. The van der Waals surface area contributed by atoms with Crippen LogP contribution in [0.25, 0.3) is 11.4 Å². The summed E-state index contributed by atoms with van der Waals surface area (Å²) in [7, 11) is 0. The third-order valence-corrected chi connectivity index (χ3v) is 4.42. The monoisotopic (exact) mass is 342 g/mol. The summed E-state index contributed by atoms with van der Waals surface area (Å²) < 4.78 is 21.0. The third kappa shape index (κ3) is 2.82. The van der Waals surface area contributed by atoms with Gasteiger partial charge in [0.05, 0.1) is 6.21 Å². The summed E-state index contributed by atoms with van der Waals surface area (Å²) >= 11 is 5.20. The molecule has 7 heteroatoms. The van der Waals surface area contributed by atoms with Crippen LogP contribution in [0, 0.1) is 16.5 Å². The van der Waals surface area contributed by atoms with Crippen molar-refractivity contribution in [3.63, 3.8) is 0 Å². The molecule has 1 N–H and O–H groups in total. The average Bonchev–Trinajstić information content (AvgIpc) is 2.97. The molecule has 1 aliphatic carbocycles. The fourth-order valence-corrected chi connectivity index (χ4v) is 2.86. The van der Waals surface area contributed by atoms with Crippen molar-refractivity contribution >= 4 is 18.4 Å². The maximum absolute atomic E-state index is 13.4. The Kier molecular flexibility index (Phi) is 3.65. The first kappa shape index (κ1) is 15.0. The molecule has 0 saturated heterocycles. The van der Waals surface area contributed by atoms with Gasteiger partial charge in [0.1, 0.15) is 17.3 Å². The van der Waals surface area contributed by atoms with Crippen LogP contribution in [0.3, 0.4) is 0 Å². The van der Waals surface area contributed by atoms with E-state index in [1.165, 1.54) is 23.2 Å². The van der Waals surface area contributed by atoms with E-state index in [0.29, 0.717) is 33.8 Å². The molecule has 0 spiro atoms. The Bertz CT molecular complexity index is 971. The van der Waals surface area contributed by atoms with Crippen LogP contribution in [0.5, 0.6) is 0 Å². The maximum atomic E-state index is 13.4. The molecule has 5 nitrogen and oxygen atoms in total. The number of halogens is 1. The SMILES string of the molecule is C[C@H]1C[C@H]1c1ccc(/C=N\n2c(-c3cccc(F)c3)n[nH]c2=S)o1. The van der Waals surface area contributed by atoms with Gasteiger partial charge in [-0.15, -0.1) is 0 Å². The minimum atomic E-state index is -0.342. The van der Waals surface area contributed by atoms with Crippen LogP contribution in [0.15, 0.2) is 45.9 Å². The number of nitrogens with one attached hydrogen (secondary N) is 1. The molecule has 2 aromatic heterocycles. The van der Waals surface area contributed by atoms with Gasteiger partial charge < -0.3 is 4.42 Å². The van der Waals surface area contributed by atoms with Crippen molar-refractivity contribution < 1.29 is 8.81 Å². The standard InChI is InChI=1S/C17H15FN4OS/c1-10-7-14(10)15-6-5-13(23-15)9-19-22-16(20-21-17(22)24)11-3-2-4-12(18)8-11/h2-6,8-10,14H,7H2,1H3,(H,21,24)/b19-9-/t10-,14+/m0/s1. The predicted octanol–water partition coefficient (Wildman–Crippen LogP) is 4.35. The second kappa shape index (κ2) is 5.83. The zero-order valence-electron chi connectivity index (χ0n) is 12.9. The van der Waals surface area contributed by atoms with Gasteiger partial charge in [-0.2, -0.15) is 14.9 Å². The van der Waals surface area contributed by atoms with E-state index in [-0.39, 0.29) is 5.82 Å². The van der Waals surface area contributed by atoms with E-state index in [1.54, 1.807) is 18.3 Å². The summed E-state index contributed by atoms with van der Waals surface area (Å²) in [6.45, 7) is 2.21. The number of hydrogen-bond donors (Lipinski definition) is 1. The third-order valence-electron chi connectivity index (χ3n) is 4.16. The first-order chi connectivity index (χ1) is 11.6. The molecule has 1 fully saturated rings. The van der Waals surface area contributed by atoms with E-state index in [9.17, 15) is 4.39 Å². The number of rotatable bonds is 4. The van der Waals surface area contributed by atoms with Crippen molar-refractivity contribution in [2.75, 3.05) is 0 Å². The Balaban J connectivity index is 1.64. The van der Waals surface area contributed by atoms with Gasteiger partial charge in [0.15, 0.2) is 5.82 Å². The lowest BCUT2D eigenvalue weighted by molar-refractivity contribution is 0.500. The van der Waals surface area contributed by atoms with Gasteiger partial charge >= 0.3 is 0 Å². The van der Waals surface area contributed by atoms with Crippen molar-refractivity contribution in [3.8, 4) is 11.4 Å². The highest BCUT2D eigenvalue weighted by Gasteiger charge is 2.36. The van der Waals surface area contributed by atoms with E-state index in [4.69, 9.17) is 16.6 Å². The van der Waals surface area contributed by atoms with Gasteiger partial charge in [0.25, 0.3) is 0 Å². The number of aromatic amines is 1. The van der Waals surface area contributed by atoms with Crippen LogP contribution >= 0.6 is 12.2 Å². The van der Waals surface area contributed by atoms with Crippen molar-refractivity contribution in [2.24, 2.45) is 11.0 Å². The molecule has 122 valence electrons. The molecule has 0 amide bonds. The number of nitrogens with zero attached hydrogens (tertiary/aromatic N) is 3. The topological polar surface area (TPSA) is 59.1 Å². The second-order valence-corrected chi connectivity index (χ2v) is 6.37. The smallest absolute Gasteiger partial charge is 0.216 e. The molecule has 0 bridgehead atoms. The van der Waals surface area contributed by atoms with E-state index in [1.807, 2.05) is 12.1 Å². The van der Waals surface area contributed by atoms with Crippen molar-refractivity contribution in [1.29, 1.82) is 0 Å². The van der Waals surface area contributed by atoms with Crippen molar-refractivity contribution in [2.45, 2.75) is 19.3 Å². The molecular formula is C17H15FN4OS. The van der Waals surface area contributed by atoms with E-state index < -0.39 is 0 Å². The molecule has 1 aromatic carbocycles. The molecule has 24 heavy (non-hydrogen) atoms. The minimum absolute atomic E-state index is 0.327. The highest BCUT2D eigenvalue weighted by atomic mass is 32.1. The van der Waals surface area contributed by atoms with Gasteiger partial charge in [-0.05, 0) is 48.8 Å². The van der Waals surface area contributed by atoms with Crippen LogP contribution in [-0.4, -0.2) is 21.1 Å².